The van der Waals surface area contributed by atoms with Gasteiger partial charge in [0.25, 0.3) is 5.89 Å². The number of carbonyl (C=O) groups excluding carboxylic acids is 1. The van der Waals surface area contributed by atoms with Gasteiger partial charge in [0, 0.05) is 10.0 Å². The molecule has 1 heterocycles. The average Bonchev–Trinajstić information content (AvgIpc) is 3.01. The molecule has 0 aliphatic carbocycles. The van der Waals surface area contributed by atoms with Gasteiger partial charge in [0.05, 0.1) is 5.56 Å². The Kier molecular flexibility index (Phi) is 4.76. The van der Waals surface area contributed by atoms with Crippen molar-refractivity contribution in [3.8, 4) is 11.4 Å². The lowest BCUT2D eigenvalue weighted by Crippen LogP contribution is -2.06. The number of nitrogens with zero attached hydrogens (tertiary/aromatic N) is 2. The molecule has 0 unspecified atom stereocenters. The molecule has 0 saturated heterocycles. The van der Waals surface area contributed by atoms with Crippen LogP contribution in [0, 0.1) is 13.8 Å². The largest absolute Gasteiger partial charge is 0.452 e. The third kappa shape index (κ3) is 3.89. The third-order valence-electron chi connectivity index (χ3n) is 3.35. The standard InChI is InChI=1S/C18H15BrN2O3/c1-11-7-12(2)9-14(8-11)18(22)23-10-16-20-17(21-24-16)13-3-5-15(19)6-4-13/h3-9H,10H2,1-2H3. The van der Waals surface area contributed by atoms with E-state index in [0.717, 1.165) is 21.2 Å². The Morgan fingerprint density at radius 2 is 1.79 bits per heavy atom. The molecular weight excluding hydrogens is 372 g/mol. The van der Waals surface area contributed by atoms with Gasteiger partial charge in [0.15, 0.2) is 6.61 Å². The smallest absolute Gasteiger partial charge is 0.338 e. The van der Waals surface area contributed by atoms with Crippen molar-refractivity contribution in [1.82, 2.24) is 10.1 Å². The highest BCUT2D eigenvalue weighted by atomic mass is 79.9. The highest BCUT2D eigenvalue weighted by Gasteiger charge is 2.13. The van der Waals surface area contributed by atoms with Crippen molar-refractivity contribution in [1.29, 1.82) is 0 Å². The van der Waals surface area contributed by atoms with E-state index in [9.17, 15) is 4.79 Å². The van der Waals surface area contributed by atoms with Gasteiger partial charge < -0.3 is 9.26 Å². The molecule has 0 N–H and O–H groups in total. The molecule has 5 nitrogen and oxygen atoms in total. The van der Waals surface area contributed by atoms with E-state index in [1.807, 2.05) is 44.2 Å². The zero-order valence-corrected chi connectivity index (χ0v) is 14.8. The van der Waals surface area contributed by atoms with Gasteiger partial charge in [0.2, 0.25) is 5.82 Å². The molecule has 24 heavy (non-hydrogen) atoms. The summed E-state index contributed by atoms with van der Waals surface area (Å²) < 4.78 is 11.4. The van der Waals surface area contributed by atoms with E-state index in [2.05, 4.69) is 26.1 Å². The first-order valence-electron chi connectivity index (χ1n) is 7.35. The maximum absolute atomic E-state index is 12.1. The summed E-state index contributed by atoms with van der Waals surface area (Å²) in [5.41, 5.74) is 3.36. The molecule has 0 saturated carbocycles. The van der Waals surface area contributed by atoms with Crippen LogP contribution in [-0.4, -0.2) is 16.1 Å². The van der Waals surface area contributed by atoms with Gasteiger partial charge in [-0.2, -0.15) is 4.98 Å². The Hall–Kier alpha value is -2.47. The number of esters is 1. The lowest BCUT2D eigenvalue weighted by molar-refractivity contribution is 0.0429. The van der Waals surface area contributed by atoms with Crippen LogP contribution in [0.4, 0.5) is 0 Å². The zero-order chi connectivity index (χ0) is 17.1. The predicted molar refractivity (Wildman–Crippen MR) is 92.5 cm³/mol. The monoisotopic (exact) mass is 386 g/mol. The predicted octanol–water partition coefficient (Wildman–Crippen LogP) is 4.47. The van der Waals surface area contributed by atoms with Gasteiger partial charge in [-0.3, -0.25) is 0 Å². The molecule has 0 amide bonds. The quantitative estimate of drug-likeness (QED) is 0.618. The van der Waals surface area contributed by atoms with Crippen LogP contribution in [0.1, 0.15) is 27.4 Å². The van der Waals surface area contributed by atoms with Crippen LogP contribution in [0.15, 0.2) is 51.5 Å². The highest BCUT2D eigenvalue weighted by molar-refractivity contribution is 9.10. The molecule has 3 rings (SSSR count). The number of halogens is 1. The lowest BCUT2D eigenvalue weighted by atomic mass is 10.1. The second-order valence-electron chi connectivity index (χ2n) is 5.47. The number of aromatic nitrogens is 2. The normalized spacial score (nSPS) is 10.6. The Bertz CT molecular complexity index is 852. The average molecular weight is 387 g/mol. The SMILES string of the molecule is Cc1cc(C)cc(C(=O)OCc2nc(-c3ccc(Br)cc3)no2)c1. The van der Waals surface area contributed by atoms with Gasteiger partial charge >= 0.3 is 5.97 Å². The summed E-state index contributed by atoms with van der Waals surface area (Å²) in [5, 5.41) is 3.90. The number of carbonyl (C=O) groups is 1. The number of rotatable bonds is 4. The van der Waals surface area contributed by atoms with Gasteiger partial charge in [-0.1, -0.05) is 38.3 Å². The van der Waals surface area contributed by atoms with Crippen molar-refractivity contribution in [2.24, 2.45) is 0 Å². The Morgan fingerprint density at radius 1 is 1.12 bits per heavy atom. The minimum atomic E-state index is -0.412. The van der Waals surface area contributed by atoms with Gasteiger partial charge in [-0.15, -0.1) is 0 Å². The maximum atomic E-state index is 12.1. The molecular formula is C18H15BrN2O3. The second-order valence-corrected chi connectivity index (χ2v) is 6.39. The number of ether oxygens (including phenoxy) is 1. The van der Waals surface area contributed by atoms with Crippen LogP contribution >= 0.6 is 15.9 Å². The summed E-state index contributed by atoms with van der Waals surface area (Å²) in [6.07, 6.45) is 0. The molecule has 0 aliphatic heterocycles. The molecule has 0 atom stereocenters. The van der Waals surface area contributed by atoms with Crippen LogP contribution in [0.5, 0.6) is 0 Å². The summed E-state index contributed by atoms with van der Waals surface area (Å²) in [5.74, 6) is 0.302. The van der Waals surface area contributed by atoms with E-state index in [-0.39, 0.29) is 12.5 Å². The molecule has 0 spiro atoms. The Labute approximate surface area is 147 Å². The number of benzene rings is 2. The fraction of sp³-hybridized carbons (Fsp3) is 0.167. The molecule has 0 radical (unpaired) electrons. The van der Waals surface area contributed by atoms with Gasteiger partial charge in [-0.05, 0) is 50.2 Å². The van der Waals surface area contributed by atoms with Crippen LogP contribution < -0.4 is 0 Å². The van der Waals surface area contributed by atoms with E-state index >= 15 is 0 Å². The Balaban J connectivity index is 1.67. The van der Waals surface area contributed by atoms with E-state index in [4.69, 9.17) is 9.26 Å². The van der Waals surface area contributed by atoms with Crippen molar-refractivity contribution in [3.63, 3.8) is 0 Å². The molecule has 6 heteroatoms. The molecule has 0 aliphatic rings. The van der Waals surface area contributed by atoms with E-state index in [1.54, 1.807) is 12.1 Å². The molecule has 1 aromatic heterocycles. The van der Waals surface area contributed by atoms with Crippen LogP contribution in [-0.2, 0) is 11.3 Å². The van der Waals surface area contributed by atoms with Crippen LogP contribution in [0.2, 0.25) is 0 Å². The fourth-order valence-electron chi connectivity index (χ4n) is 2.33. The molecule has 2 aromatic carbocycles. The second kappa shape index (κ2) is 6.97. The molecule has 3 aromatic rings. The topological polar surface area (TPSA) is 65.2 Å². The van der Waals surface area contributed by atoms with Gasteiger partial charge in [-0.25, -0.2) is 4.79 Å². The minimum Gasteiger partial charge on any atom is -0.452 e. The lowest BCUT2D eigenvalue weighted by Gasteiger charge is -2.04. The summed E-state index contributed by atoms with van der Waals surface area (Å²) in [6, 6.07) is 13.1. The Morgan fingerprint density at radius 3 is 2.46 bits per heavy atom. The van der Waals surface area contributed by atoms with Crippen molar-refractivity contribution < 1.29 is 14.1 Å². The van der Waals surface area contributed by atoms with Crippen LogP contribution in [0.3, 0.4) is 0 Å². The summed E-state index contributed by atoms with van der Waals surface area (Å²) in [4.78, 5) is 16.4. The first-order chi connectivity index (χ1) is 11.5. The fourth-order valence-corrected chi connectivity index (χ4v) is 2.60. The van der Waals surface area contributed by atoms with Crippen molar-refractivity contribution >= 4 is 21.9 Å². The van der Waals surface area contributed by atoms with Crippen LogP contribution in [0.25, 0.3) is 11.4 Å². The van der Waals surface area contributed by atoms with Crippen molar-refractivity contribution in [3.05, 3.63) is 69.5 Å². The maximum Gasteiger partial charge on any atom is 0.338 e. The van der Waals surface area contributed by atoms with E-state index in [1.165, 1.54) is 0 Å². The first-order valence-corrected chi connectivity index (χ1v) is 8.14. The number of aryl methyl sites for hydroxylation is 2. The summed E-state index contributed by atoms with van der Waals surface area (Å²) in [6.45, 7) is 3.81. The van der Waals surface area contributed by atoms with Gasteiger partial charge in [0.1, 0.15) is 0 Å². The summed E-state index contributed by atoms with van der Waals surface area (Å²) in [7, 11) is 0. The first kappa shape index (κ1) is 16.4. The van der Waals surface area contributed by atoms with Crippen molar-refractivity contribution in [2.75, 3.05) is 0 Å². The van der Waals surface area contributed by atoms with Crippen molar-refractivity contribution in [2.45, 2.75) is 20.5 Å². The highest BCUT2D eigenvalue weighted by Crippen LogP contribution is 2.19. The summed E-state index contributed by atoms with van der Waals surface area (Å²) >= 11 is 3.37. The molecule has 0 fully saturated rings. The number of hydrogen-bond donors (Lipinski definition) is 0. The zero-order valence-electron chi connectivity index (χ0n) is 13.2. The third-order valence-corrected chi connectivity index (χ3v) is 3.88. The minimum absolute atomic E-state index is 0.0602. The molecule has 0 bridgehead atoms. The number of hydrogen-bond acceptors (Lipinski definition) is 5. The van der Waals surface area contributed by atoms with E-state index in [0.29, 0.717) is 11.4 Å². The molecule has 122 valence electrons. The van der Waals surface area contributed by atoms with E-state index < -0.39 is 5.97 Å².